The number of thioether (sulfide) groups is 1. The first kappa shape index (κ1) is 15.2. The molecule has 1 aromatic rings. The number of nitrogens with one attached hydrogen (secondary N) is 2. The molecule has 0 unspecified atom stereocenters. The van der Waals surface area contributed by atoms with Gasteiger partial charge in [0.15, 0.2) is 5.82 Å². The van der Waals surface area contributed by atoms with Gasteiger partial charge in [0.05, 0.1) is 0 Å². The van der Waals surface area contributed by atoms with Gasteiger partial charge in [-0.2, -0.15) is 16.9 Å². The van der Waals surface area contributed by atoms with E-state index in [2.05, 4.69) is 35.8 Å². The van der Waals surface area contributed by atoms with Crippen molar-refractivity contribution in [2.24, 2.45) is 5.92 Å². The highest BCUT2D eigenvalue weighted by atomic mass is 32.2. The predicted molar refractivity (Wildman–Crippen MR) is 84.2 cm³/mol. The van der Waals surface area contributed by atoms with E-state index in [4.69, 9.17) is 0 Å². The fraction of sp³-hybridized carbons (Fsp3) is 0.714. The molecule has 0 saturated heterocycles. The zero-order valence-corrected chi connectivity index (χ0v) is 13.3. The Morgan fingerprint density at radius 3 is 2.90 bits per heavy atom. The number of aromatic nitrogens is 2. The van der Waals surface area contributed by atoms with Crippen molar-refractivity contribution in [3.8, 4) is 0 Å². The Morgan fingerprint density at radius 1 is 1.55 bits per heavy atom. The Hall–Kier alpha value is -1.17. The second-order valence-electron chi connectivity index (χ2n) is 5.84. The lowest BCUT2D eigenvalue weighted by Crippen LogP contribution is -2.35. The summed E-state index contributed by atoms with van der Waals surface area (Å²) in [5, 5.41) is 10.0. The van der Waals surface area contributed by atoms with E-state index < -0.39 is 0 Å². The molecule has 0 aromatic carbocycles. The molecule has 1 aliphatic rings. The van der Waals surface area contributed by atoms with Crippen LogP contribution in [0.1, 0.15) is 33.1 Å². The van der Waals surface area contributed by atoms with Crippen molar-refractivity contribution in [2.75, 3.05) is 18.1 Å². The molecule has 1 saturated carbocycles. The lowest BCUT2D eigenvalue weighted by atomic mass is 10.1. The molecule has 1 aromatic heterocycles. The van der Waals surface area contributed by atoms with Crippen LogP contribution in [-0.2, 0) is 6.54 Å². The Bertz CT molecular complexity index is 454. The smallest absolute Gasteiger partial charge is 0.320 e. The van der Waals surface area contributed by atoms with Crippen molar-refractivity contribution in [1.82, 2.24) is 15.1 Å². The van der Waals surface area contributed by atoms with Crippen LogP contribution in [0.2, 0.25) is 0 Å². The number of urea groups is 1. The van der Waals surface area contributed by atoms with Gasteiger partial charge in [0.1, 0.15) is 0 Å². The molecular formula is C14H24N4OS. The SMILES string of the molecule is CSC1(CNC(=O)Nc2ccn(CCC(C)C)n2)CC1. The van der Waals surface area contributed by atoms with Crippen molar-refractivity contribution in [1.29, 1.82) is 0 Å². The van der Waals surface area contributed by atoms with E-state index in [0.717, 1.165) is 19.5 Å². The number of carbonyl (C=O) groups is 1. The van der Waals surface area contributed by atoms with Crippen molar-refractivity contribution >= 4 is 23.6 Å². The number of carbonyl (C=O) groups excluding carboxylic acids is 1. The maximum atomic E-state index is 11.8. The predicted octanol–water partition coefficient (Wildman–Crippen LogP) is 2.95. The summed E-state index contributed by atoms with van der Waals surface area (Å²) in [5.74, 6) is 1.26. The van der Waals surface area contributed by atoms with Crippen LogP contribution in [0.4, 0.5) is 10.6 Å². The summed E-state index contributed by atoms with van der Waals surface area (Å²) in [6.07, 6.45) is 7.48. The third kappa shape index (κ3) is 4.44. The molecule has 20 heavy (non-hydrogen) atoms. The van der Waals surface area contributed by atoms with E-state index in [1.807, 2.05) is 28.7 Å². The Kier molecular flexibility index (Phi) is 4.96. The number of amides is 2. The summed E-state index contributed by atoms with van der Waals surface area (Å²) in [7, 11) is 0. The van der Waals surface area contributed by atoms with E-state index in [0.29, 0.717) is 11.7 Å². The summed E-state index contributed by atoms with van der Waals surface area (Å²) in [6.45, 7) is 6.00. The van der Waals surface area contributed by atoms with Gasteiger partial charge in [-0.15, -0.1) is 0 Å². The molecule has 0 radical (unpaired) electrons. The molecular weight excluding hydrogens is 272 g/mol. The fourth-order valence-corrected chi connectivity index (χ4v) is 2.66. The lowest BCUT2D eigenvalue weighted by molar-refractivity contribution is 0.252. The van der Waals surface area contributed by atoms with Crippen LogP contribution in [0.3, 0.4) is 0 Å². The van der Waals surface area contributed by atoms with E-state index in [1.165, 1.54) is 12.8 Å². The fourth-order valence-electron chi connectivity index (χ4n) is 1.94. The number of nitrogens with zero attached hydrogens (tertiary/aromatic N) is 2. The van der Waals surface area contributed by atoms with Gasteiger partial charge < -0.3 is 5.32 Å². The molecule has 0 aliphatic heterocycles. The van der Waals surface area contributed by atoms with Crippen LogP contribution in [-0.4, -0.2) is 33.4 Å². The zero-order valence-electron chi connectivity index (χ0n) is 12.5. The van der Waals surface area contributed by atoms with Gasteiger partial charge in [-0.05, 0) is 31.4 Å². The van der Waals surface area contributed by atoms with E-state index in [-0.39, 0.29) is 10.8 Å². The first-order valence-electron chi connectivity index (χ1n) is 7.16. The van der Waals surface area contributed by atoms with E-state index >= 15 is 0 Å². The minimum absolute atomic E-state index is 0.167. The summed E-state index contributed by atoms with van der Waals surface area (Å²) >= 11 is 1.84. The molecule has 0 spiro atoms. The lowest BCUT2D eigenvalue weighted by Gasteiger charge is -2.12. The van der Waals surface area contributed by atoms with Gasteiger partial charge in [0, 0.05) is 30.1 Å². The quantitative estimate of drug-likeness (QED) is 0.813. The summed E-state index contributed by atoms with van der Waals surface area (Å²) < 4.78 is 2.16. The first-order chi connectivity index (χ1) is 9.53. The highest BCUT2D eigenvalue weighted by Gasteiger charge is 2.41. The van der Waals surface area contributed by atoms with Crippen LogP contribution in [0, 0.1) is 5.92 Å². The molecule has 0 bridgehead atoms. The standard InChI is InChI=1S/C14H24N4OS/c1-11(2)4-8-18-9-5-12(17-18)16-13(19)15-10-14(20-3)6-7-14/h5,9,11H,4,6-8,10H2,1-3H3,(H2,15,16,17,19). The van der Waals surface area contributed by atoms with Gasteiger partial charge >= 0.3 is 6.03 Å². The largest absolute Gasteiger partial charge is 0.336 e. The number of hydrogen-bond donors (Lipinski definition) is 2. The monoisotopic (exact) mass is 296 g/mol. The second kappa shape index (κ2) is 6.52. The molecule has 2 amide bonds. The van der Waals surface area contributed by atoms with Gasteiger partial charge in [0.2, 0.25) is 0 Å². The van der Waals surface area contributed by atoms with Crippen LogP contribution in [0.5, 0.6) is 0 Å². The van der Waals surface area contributed by atoms with Crippen LogP contribution >= 0.6 is 11.8 Å². The molecule has 5 nitrogen and oxygen atoms in total. The minimum atomic E-state index is -0.167. The number of anilines is 1. The average Bonchev–Trinajstić information content (AvgIpc) is 3.07. The normalized spacial score (nSPS) is 16.2. The maximum Gasteiger partial charge on any atom is 0.320 e. The molecule has 1 heterocycles. The van der Waals surface area contributed by atoms with Crippen LogP contribution in [0.15, 0.2) is 12.3 Å². The van der Waals surface area contributed by atoms with Crippen LogP contribution < -0.4 is 10.6 Å². The molecule has 1 fully saturated rings. The zero-order chi connectivity index (χ0) is 14.6. The molecule has 6 heteroatoms. The molecule has 112 valence electrons. The van der Waals surface area contributed by atoms with E-state index in [9.17, 15) is 4.79 Å². The molecule has 1 aliphatic carbocycles. The van der Waals surface area contributed by atoms with Crippen molar-refractivity contribution < 1.29 is 4.79 Å². The second-order valence-corrected chi connectivity index (χ2v) is 7.12. The maximum absolute atomic E-state index is 11.8. The Morgan fingerprint density at radius 2 is 2.30 bits per heavy atom. The molecule has 2 rings (SSSR count). The summed E-state index contributed by atoms with van der Waals surface area (Å²) in [6, 6.07) is 1.67. The number of rotatable bonds is 7. The van der Waals surface area contributed by atoms with Crippen molar-refractivity contribution in [3.05, 3.63) is 12.3 Å². The van der Waals surface area contributed by atoms with Gasteiger partial charge in [0.25, 0.3) is 0 Å². The number of aryl methyl sites for hydroxylation is 1. The van der Waals surface area contributed by atoms with Crippen molar-refractivity contribution in [2.45, 2.75) is 44.4 Å². The Labute approximate surface area is 124 Å². The van der Waals surface area contributed by atoms with Gasteiger partial charge in [-0.3, -0.25) is 10.00 Å². The number of hydrogen-bond acceptors (Lipinski definition) is 3. The minimum Gasteiger partial charge on any atom is -0.336 e. The summed E-state index contributed by atoms with van der Waals surface area (Å²) in [4.78, 5) is 11.8. The average molecular weight is 296 g/mol. The highest BCUT2D eigenvalue weighted by molar-refractivity contribution is 8.00. The third-order valence-electron chi connectivity index (χ3n) is 3.63. The van der Waals surface area contributed by atoms with E-state index in [1.54, 1.807) is 0 Å². The molecule has 0 atom stereocenters. The topological polar surface area (TPSA) is 59.0 Å². The van der Waals surface area contributed by atoms with Crippen LogP contribution in [0.25, 0.3) is 0 Å². The first-order valence-corrected chi connectivity index (χ1v) is 8.39. The summed E-state index contributed by atoms with van der Waals surface area (Å²) in [5.41, 5.74) is 0. The van der Waals surface area contributed by atoms with Gasteiger partial charge in [-0.25, -0.2) is 4.79 Å². The van der Waals surface area contributed by atoms with Gasteiger partial charge in [-0.1, -0.05) is 13.8 Å². The third-order valence-corrected chi connectivity index (χ3v) is 5.05. The molecule has 2 N–H and O–H groups in total. The van der Waals surface area contributed by atoms with Crippen molar-refractivity contribution in [3.63, 3.8) is 0 Å². The highest BCUT2D eigenvalue weighted by Crippen LogP contribution is 2.46. The Balaban J connectivity index is 1.73.